The first-order chi connectivity index (χ1) is 9.89. The first-order valence-electron chi connectivity index (χ1n) is 6.75. The second-order valence-corrected chi connectivity index (χ2v) is 8.32. The number of aromatic nitrogens is 1. The Bertz CT molecular complexity index is 555. The molecule has 0 saturated heterocycles. The Morgan fingerprint density at radius 3 is 2.27 bits per heavy atom. The Hall–Kier alpha value is -1.70. The molecule has 0 saturated carbocycles. The molecule has 0 radical (unpaired) electrons. The van der Waals surface area contributed by atoms with Gasteiger partial charge in [0, 0.05) is 10.3 Å². The molecule has 0 aliphatic carbocycles. The van der Waals surface area contributed by atoms with Crippen LogP contribution in [0.4, 0.5) is 4.79 Å². The molecular formula is C14H22N2O5S. The molecule has 0 aliphatic rings. The van der Waals surface area contributed by atoms with E-state index in [0.29, 0.717) is 0 Å². The third kappa shape index (κ3) is 5.97. The van der Waals surface area contributed by atoms with Crippen LogP contribution in [0.1, 0.15) is 57.8 Å². The number of carbonyl (C=O) groups is 2. The van der Waals surface area contributed by atoms with Gasteiger partial charge in [0.1, 0.15) is 5.69 Å². The van der Waals surface area contributed by atoms with Crippen LogP contribution in [0.25, 0.3) is 0 Å². The standard InChI is InChI=1S/C14H22N2O5S/c1-8-9(19-12(18)21-22-14(5,6)7)10(20-16-8)11(17)15-13(2,3)4/h1-7H3,(H,15,17). The first-order valence-corrected chi connectivity index (χ1v) is 7.49. The Labute approximate surface area is 134 Å². The molecule has 0 aromatic carbocycles. The van der Waals surface area contributed by atoms with Crippen molar-refractivity contribution in [3.8, 4) is 5.75 Å². The minimum absolute atomic E-state index is 0.0405. The molecule has 1 rings (SSSR count). The largest absolute Gasteiger partial charge is 0.526 e. The summed E-state index contributed by atoms with van der Waals surface area (Å²) in [4.78, 5) is 23.8. The van der Waals surface area contributed by atoms with Crippen LogP contribution in [0.3, 0.4) is 0 Å². The van der Waals surface area contributed by atoms with E-state index in [1.807, 2.05) is 41.5 Å². The van der Waals surface area contributed by atoms with Crippen molar-refractivity contribution in [3.63, 3.8) is 0 Å². The van der Waals surface area contributed by atoms with E-state index >= 15 is 0 Å². The van der Waals surface area contributed by atoms with Crippen molar-refractivity contribution >= 4 is 24.1 Å². The van der Waals surface area contributed by atoms with Gasteiger partial charge in [-0.15, -0.1) is 0 Å². The zero-order chi connectivity index (χ0) is 17.1. The highest BCUT2D eigenvalue weighted by molar-refractivity contribution is 7.96. The van der Waals surface area contributed by atoms with Gasteiger partial charge in [-0.25, -0.2) is 4.79 Å². The van der Waals surface area contributed by atoms with Crippen LogP contribution in [0.2, 0.25) is 0 Å². The maximum Gasteiger partial charge on any atom is 0.526 e. The second kappa shape index (κ2) is 6.60. The highest BCUT2D eigenvalue weighted by atomic mass is 32.2. The van der Waals surface area contributed by atoms with Crippen LogP contribution >= 0.6 is 12.0 Å². The Morgan fingerprint density at radius 2 is 1.77 bits per heavy atom. The number of hydrogen-bond acceptors (Lipinski definition) is 7. The summed E-state index contributed by atoms with van der Waals surface area (Å²) < 4.78 is 14.7. The van der Waals surface area contributed by atoms with Gasteiger partial charge >= 0.3 is 6.16 Å². The third-order valence-electron chi connectivity index (χ3n) is 2.05. The summed E-state index contributed by atoms with van der Waals surface area (Å²) in [5.41, 5.74) is -0.172. The summed E-state index contributed by atoms with van der Waals surface area (Å²) in [6, 6.07) is 0. The van der Waals surface area contributed by atoms with Gasteiger partial charge in [-0.05, 0) is 48.5 Å². The minimum Gasteiger partial charge on any atom is -0.388 e. The van der Waals surface area contributed by atoms with Gasteiger partial charge in [0.05, 0.1) is 12.0 Å². The van der Waals surface area contributed by atoms with Crippen molar-refractivity contribution in [2.24, 2.45) is 0 Å². The number of ether oxygens (including phenoxy) is 1. The molecule has 0 spiro atoms. The number of nitrogens with zero attached hydrogens (tertiary/aromatic N) is 1. The van der Waals surface area contributed by atoms with Gasteiger partial charge in [0.2, 0.25) is 5.75 Å². The van der Waals surface area contributed by atoms with E-state index in [4.69, 9.17) is 13.4 Å². The number of aryl methyl sites for hydroxylation is 1. The minimum atomic E-state index is -0.934. The molecular weight excluding hydrogens is 308 g/mol. The lowest BCUT2D eigenvalue weighted by molar-refractivity contribution is 0.0877. The van der Waals surface area contributed by atoms with Gasteiger partial charge in [-0.1, -0.05) is 5.16 Å². The molecule has 0 fully saturated rings. The smallest absolute Gasteiger partial charge is 0.388 e. The fourth-order valence-corrected chi connectivity index (χ4v) is 1.63. The highest BCUT2D eigenvalue weighted by Crippen LogP contribution is 2.27. The zero-order valence-corrected chi connectivity index (χ0v) is 14.7. The molecule has 0 atom stereocenters. The summed E-state index contributed by atoms with van der Waals surface area (Å²) in [6.45, 7) is 12.7. The zero-order valence-electron chi connectivity index (χ0n) is 13.9. The number of nitrogens with one attached hydrogen (secondary N) is 1. The van der Waals surface area contributed by atoms with Gasteiger partial charge in [0.25, 0.3) is 11.7 Å². The molecule has 0 unspecified atom stereocenters. The Balaban J connectivity index is 2.81. The molecule has 1 heterocycles. The molecule has 1 N–H and O–H groups in total. The van der Waals surface area contributed by atoms with E-state index in [2.05, 4.69) is 10.5 Å². The normalized spacial score (nSPS) is 12.0. The molecule has 1 amide bonds. The topological polar surface area (TPSA) is 90.7 Å². The third-order valence-corrected chi connectivity index (χ3v) is 2.77. The fourth-order valence-electron chi connectivity index (χ4n) is 1.28. The van der Waals surface area contributed by atoms with Crippen LogP contribution < -0.4 is 10.1 Å². The van der Waals surface area contributed by atoms with Gasteiger partial charge in [-0.2, -0.15) is 0 Å². The van der Waals surface area contributed by atoms with Crippen LogP contribution in [-0.4, -0.2) is 27.5 Å². The van der Waals surface area contributed by atoms with E-state index in [1.165, 1.54) is 0 Å². The summed E-state index contributed by atoms with van der Waals surface area (Å²) in [5.74, 6) is -0.717. The van der Waals surface area contributed by atoms with Crippen molar-refractivity contribution in [2.75, 3.05) is 0 Å². The van der Waals surface area contributed by atoms with Crippen molar-refractivity contribution in [3.05, 3.63) is 11.5 Å². The SMILES string of the molecule is Cc1noc(C(=O)NC(C)(C)C)c1OC(=O)OSC(C)(C)C. The lowest BCUT2D eigenvalue weighted by Gasteiger charge is -2.19. The van der Waals surface area contributed by atoms with E-state index < -0.39 is 17.6 Å². The first kappa shape index (κ1) is 18.3. The molecule has 0 aliphatic heterocycles. The molecule has 1 aromatic rings. The van der Waals surface area contributed by atoms with Crippen LogP contribution in [0.5, 0.6) is 5.75 Å². The van der Waals surface area contributed by atoms with E-state index in [1.54, 1.807) is 6.92 Å². The Kier molecular flexibility index (Phi) is 5.50. The average Bonchev–Trinajstić information content (AvgIpc) is 2.66. The maximum atomic E-state index is 12.1. The summed E-state index contributed by atoms with van der Waals surface area (Å²) in [5, 5.41) is 6.36. The Morgan fingerprint density at radius 1 is 1.18 bits per heavy atom. The molecule has 7 nitrogen and oxygen atoms in total. The van der Waals surface area contributed by atoms with Crippen LogP contribution in [0, 0.1) is 6.92 Å². The quantitative estimate of drug-likeness (QED) is 0.670. The lowest BCUT2D eigenvalue weighted by atomic mass is 10.1. The van der Waals surface area contributed by atoms with Crippen LogP contribution in [-0.2, 0) is 4.18 Å². The molecule has 124 valence electrons. The summed E-state index contributed by atoms with van der Waals surface area (Å²) in [7, 11) is 0. The molecule has 0 bridgehead atoms. The summed E-state index contributed by atoms with van der Waals surface area (Å²) in [6.07, 6.45) is -0.934. The number of rotatable bonds is 3. The number of amides is 1. The van der Waals surface area contributed by atoms with Gasteiger partial charge in [0.15, 0.2) is 0 Å². The van der Waals surface area contributed by atoms with Crippen molar-refractivity contribution < 1.29 is 23.0 Å². The lowest BCUT2D eigenvalue weighted by Crippen LogP contribution is -2.40. The van der Waals surface area contributed by atoms with Crippen LogP contribution in [0.15, 0.2) is 4.52 Å². The average molecular weight is 330 g/mol. The van der Waals surface area contributed by atoms with Gasteiger partial charge < -0.3 is 18.8 Å². The predicted octanol–water partition coefficient (Wildman–Crippen LogP) is 3.47. The van der Waals surface area contributed by atoms with E-state index in [0.717, 1.165) is 12.0 Å². The fraction of sp³-hybridized carbons (Fsp3) is 0.643. The van der Waals surface area contributed by atoms with Crippen molar-refractivity contribution in [2.45, 2.75) is 58.8 Å². The maximum absolute atomic E-state index is 12.1. The molecule has 22 heavy (non-hydrogen) atoms. The predicted molar refractivity (Wildman–Crippen MR) is 82.9 cm³/mol. The molecule has 1 aromatic heterocycles. The number of hydrogen-bond donors (Lipinski definition) is 1. The summed E-state index contributed by atoms with van der Waals surface area (Å²) >= 11 is 0.968. The van der Waals surface area contributed by atoms with Gasteiger partial charge in [-0.3, -0.25) is 4.79 Å². The second-order valence-electron chi connectivity index (χ2n) is 6.76. The monoisotopic (exact) mass is 330 g/mol. The van der Waals surface area contributed by atoms with Crippen molar-refractivity contribution in [1.82, 2.24) is 10.5 Å². The highest BCUT2D eigenvalue weighted by Gasteiger charge is 2.28. The van der Waals surface area contributed by atoms with E-state index in [9.17, 15) is 9.59 Å². The van der Waals surface area contributed by atoms with E-state index in [-0.39, 0.29) is 22.0 Å². The number of carbonyl (C=O) groups excluding carboxylic acids is 2. The molecule has 8 heteroatoms. The van der Waals surface area contributed by atoms with Crippen molar-refractivity contribution in [1.29, 1.82) is 0 Å².